The molecule has 2 atom stereocenters. The average molecular weight is 951 g/mol. The van der Waals surface area contributed by atoms with Gasteiger partial charge < -0.3 is 34.3 Å². The van der Waals surface area contributed by atoms with E-state index in [1.165, 1.54) is 89.9 Å². The van der Waals surface area contributed by atoms with Crippen molar-refractivity contribution in [2.75, 3.05) is 32.8 Å². The van der Waals surface area contributed by atoms with Gasteiger partial charge in [0, 0.05) is 63.2 Å². The summed E-state index contributed by atoms with van der Waals surface area (Å²) in [5.41, 5.74) is 4.05. The molecule has 4 aromatic rings. The zero-order valence-electron chi connectivity index (χ0n) is 40.4. The number of aliphatic carboxylic acids is 1. The van der Waals surface area contributed by atoms with Crippen LogP contribution in [-0.2, 0) is 27.2 Å². The first kappa shape index (κ1) is 58.9. The van der Waals surface area contributed by atoms with Crippen LogP contribution in [0.2, 0.25) is 0 Å². The first-order chi connectivity index (χ1) is 31.1. The van der Waals surface area contributed by atoms with Crippen LogP contribution >= 0.6 is 0 Å². The Hall–Kier alpha value is -3.46. The maximum absolute atomic E-state index is 13.6. The van der Waals surface area contributed by atoms with E-state index in [2.05, 4.69) is 19.8 Å². The fourth-order valence-corrected chi connectivity index (χ4v) is 11.1. The number of benzene rings is 2. The zero-order valence-corrected chi connectivity index (χ0v) is 42.4. The fourth-order valence-electron chi connectivity index (χ4n) is 11.1. The number of aromatic nitrogens is 4. The summed E-state index contributed by atoms with van der Waals surface area (Å²) in [6, 6.07) is 17.4. The second-order valence-electron chi connectivity index (χ2n) is 19.3. The van der Waals surface area contributed by atoms with Crippen LogP contribution in [0.25, 0.3) is 22.1 Å². The van der Waals surface area contributed by atoms with Crippen molar-refractivity contribution in [2.45, 2.75) is 188 Å². The van der Waals surface area contributed by atoms with Crippen molar-refractivity contribution in [2.24, 2.45) is 11.8 Å². The molecule has 372 valence electrons. The minimum Gasteiger partial charge on any atom is -0.870 e. The Morgan fingerprint density at radius 2 is 0.941 bits per heavy atom. The van der Waals surface area contributed by atoms with Crippen molar-refractivity contribution in [3.63, 3.8) is 0 Å². The van der Waals surface area contributed by atoms with E-state index in [-0.39, 0.29) is 91.4 Å². The summed E-state index contributed by atoms with van der Waals surface area (Å²) in [5.74, 6) is -2.18. The maximum atomic E-state index is 13.6. The minimum absolute atomic E-state index is 0. The Bertz CT molecular complexity index is 2270. The van der Waals surface area contributed by atoms with Gasteiger partial charge in [-0.05, 0) is 82.6 Å². The second-order valence-corrected chi connectivity index (χ2v) is 19.3. The number of fused-ring (bicyclic) bond motifs is 2. The van der Waals surface area contributed by atoms with Gasteiger partial charge in [-0.2, -0.15) is 0 Å². The van der Waals surface area contributed by atoms with Crippen molar-refractivity contribution in [1.82, 2.24) is 28.9 Å². The monoisotopic (exact) mass is 951 g/mol. The molecule has 0 spiro atoms. The molecule has 4 fully saturated rings. The molecule has 2 aliphatic carbocycles. The summed E-state index contributed by atoms with van der Waals surface area (Å²) < 4.78 is 9.05. The standard InChI is InChI=1S/C27H39N3O3.C25H35N3O3.2CH4.Na.H2O/c1-3-33-27(32)20(2)19-24-26(31)30(25-14-10-9-13-23(25)28-24)22-15-17-29(18-16-22)21-11-7-5-4-6-8-12-21;1-18(25(30)31)17-22-24(29)28(23-12-8-7-11-21(23)26-22)20-13-15-27(16-14-20)19-9-5-3-2-4-6-10-19;;;;/h9-10,13-14,20-22H,3-8,11-12,15-19H2,1-2H3;7-8,11-12,18-20H,2-6,9-10,13-17H2,1H3,(H,30,31);2*1H4;;1H2/q;;;;+1;/p-1. The van der Waals surface area contributed by atoms with Crippen LogP contribution in [0, 0.1) is 11.8 Å². The van der Waals surface area contributed by atoms with E-state index in [0.29, 0.717) is 36.5 Å². The molecule has 2 saturated heterocycles. The van der Waals surface area contributed by atoms with Gasteiger partial charge in [-0.15, -0.1) is 0 Å². The number of carbonyl (C=O) groups is 2. The minimum atomic E-state index is -0.895. The molecule has 0 amide bonds. The van der Waals surface area contributed by atoms with Crippen LogP contribution in [0.1, 0.15) is 175 Å². The number of nitrogens with zero attached hydrogens (tertiary/aromatic N) is 6. The largest absolute Gasteiger partial charge is 1.00 e. The topological polar surface area (TPSA) is 170 Å². The molecule has 68 heavy (non-hydrogen) atoms. The van der Waals surface area contributed by atoms with Crippen molar-refractivity contribution >= 4 is 34.0 Å². The number of ether oxygens (including phenoxy) is 1. The summed E-state index contributed by atoms with van der Waals surface area (Å²) >= 11 is 0. The molecule has 2 aromatic carbocycles. The Morgan fingerprint density at radius 3 is 1.31 bits per heavy atom. The Balaban J connectivity index is 0.000000341. The van der Waals surface area contributed by atoms with E-state index in [4.69, 9.17) is 4.74 Å². The molecule has 4 aliphatic rings. The Morgan fingerprint density at radius 1 is 0.588 bits per heavy atom. The molecule has 13 nitrogen and oxygen atoms in total. The first-order valence-corrected chi connectivity index (χ1v) is 25.0. The number of likely N-dealkylation sites (tertiary alicyclic amines) is 2. The van der Waals surface area contributed by atoms with Crippen LogP contribution < -0.4 is 40.7 Å². The van der Waals surface area contributed by atoms with E-state index >= 15 is 0 Å². The molecule has 4 heterocycles. The van der Waals surface area contributed by atoms with Crippen LogP contribution in [0.3, 0.4) is 0 Å². The Labute approximate surface area is 428 Å². The maximum Gasteiger partial charge on any atom is 1.00 e. The zero-order chi connectivity index (χ0) is 45.0. The molecule has 14 heteroatoms. The Kier molecular flexibility index (Phi) is 25.1. The molecular formula is C54H83N6NaO7. The van der Waals surface area contributed by atoms with Gasteiger partial charge in [0.15, 0.2) is 0 Å². The van der Waals surface area contributed by atoms with Crippen molar-refractivity contribution in [3.05, 3.63) is 80.6 Å². The van der Waals surface area contributed by atoms with Crippen molar-refractivity contribution < 1.29 is 54.5 Å². The van der Waals surface area contributed by atoms with E-state index in [1.54, 1.807) is 13.8 Å². The normalized spacial score (nSPS) is 19.4. The summed E-state index contributed by atoms with van der Waals surface area (Å²) in [7, 11) is 0. The predicted molar refractivity (Wildman–Crippen MR) is 269 cm³/mol. The van der Waals surface area contributed by atoms with Gasteiger partial charge in [0.05, 0.1) is 40.5 Å². The number of rotatable bonds is 11. The molecule has 0 bridgehead atoms. The van der Waals surface area contributed by atoms with Gasteiger partial charge in [-0.25, -0.2) is 9.97 Å². The summed E-state index contributed by atoms with van der Waals surface area (Å²) in [4.78, 5) is 65.1. The van der Waals surface area contributed by atoms with Crippen molar-refractivity contribution in [3.8, 4) is 0 Å². The van der Waals surface area contributed by atoms with E-state index in [1.807, 2.05) is 64.6 Å². The van der Waals surface area contributed by atoms with Gasteiger partial charge in [0.2, 0.25) is 0 Å². The van der Waals surface area contributed by atoms with Crippen LogP contribution in [-0.4, -0.2) is 96.3 Å². The number of carboxylic acid groups (broad SMARTS) is 1. The van der Waals surface area contributed by atoms with Crippen LogP contribution in [0.4, 0.5) is 0 Å². The number of hydrogen-bond acceptors (Lipinski definition) is 10. The third-order valence-corrected chi connectivity index (χ3v) is 14.7. The van der Waals surface area contributed by atoms with E-state index in [9.17, 15) is 24.3 Å². The number of carboxylic acids is 1. The second kappa shape index (κ2) is 29.0. The number of carbonyl (C=O) groups excluding carboxylic acids is 1. The molecule has 2 aliphatic heterocycles. The van der Waals surface area contributed by atoms with E-state index < -0.39 is 11.9 Å². The molecule has 2 aromatic heterocycles. The SMILES string of the molecule is C.C.CC(Cc1nc2ccccc2n(C2CCN(C3CCCCCCC3)CC2)c1=O)C(=O)O.CCOC(=O)C(C)Cc1nc2ccccc2n(C2CCN(C3CCCCCCC3)CC2)c1=O.[Na+].[OH-]. The third kappa shape index (κ3) is 15.0. The van der Waals surface area contributed by atoms with Gasteiger partial charge in [-0.1, -0.05) is 117 Å². The average Bonchev–Trinajstić information content (AvgIpc) is 3.27. The molecule has 2 N–H and O–H groups in total. The van der Waals surface area contributed by atoms with Gasteiger partial charge in [0.25, 0.3) is 11.1 Å². The van der Waals surface area contributed by atoms with Gasteiger partial charge >= 0.3 is 41.5 Å². The molecule has 2 unspecified atom stereocenters. The van der Waals surface area contributed by atoms with Crippen LogP contribution in [0.15, 0.2) is 58.1 Å². The molecular weight excluding hydrogens is 868 g/mol. The van der Waals surface area contributed by atoms with Gasteiger partial charge in [0.1, 0.15) is 11.4 Å². The molecule has 2 saturated carbocycles. The number of hydrogen-bond donors (Lipinski definition) is 1. The smallest absolute Gasteiger partial charge is 0.870 e. The van der Waals surface area contributed by atoms with E-state index in [0.717, 1.165) is 73.9 Å². The number of para-hydroxylation sites is 4. The molecule has 8 rings (SSSR count). The summed E-state index contributed by atoms with van der Waals surface area (Å²) in [5, 5.41) is 9.31. The van der Waals surface area contributed by atoms with Crippen molar-refractivity contribution in [1.29, 1.82) is 0 Å². The van der Waals surface area contributed by atoms with Crippen LogP contribution in [0.5, 0.6) is 0 Å². The number of esters is 1. The van der Waals surface area contributed by atoms with Gasteiger partial charge in [-0.3, -0.25) is 19.2 Å². The fraction of sp³-hybridized carbons (Fsp3) is 0.667. The molecule has 0 radical (unpaired) electrons. The quantitative estimate of drug-likeness (QED) is 0.118. The first-order valence-electron chi connectivity index (χ1n) is 25.0. The number of piperidine rings is 2. The third-order valence-electron chi connectivity index (χ3n) is 14.7. The summed E-state index contributed by atoms with van der Waals surface area (Å²) in [6.45, 7) is 9.74. The predicted octanol–water partition coefficient (Wildman–Crippen LogP) is 7.40. The summed E-state index contributed by atoms with van der Waals surface area (Å²) in [6.07, 6.45) is 23.2.